The normalized spacial score (nSPS) is 14.5. The number of hydrogen-bond acceptors (Lipinski definition) is 4. The van der Waals surface area contributed by atoms with Crippen LogP contribution in [0.4, 0.5) is 13.2 Å². The molecule has 0 heterocycles. The molecule has 0 aliphatic rings. The molecule has 0 radical (unpaired) electrons. The van der Waals surface area contributed by atoms with Gasteiger partial charge in [0.2, 0.25) is 5.91 Å². The highest BCUT2D eigenvalue weighted by Crippen LogP contribution is 2.22. The van der Waals surface area contributed by atoms with E-state index in [0.29, 0.717) is 25.7 Å². The fourth-order valence-corrected chi connectivity index (χ4v) is 2.59. The van der Waals surface area contributed by atoms with Gasteiger partial charge < -0.3 is 20.6 Å². The van der Waals surface area contributed by atoms with E-state index in [1.165, 1.54) is 0 Å². The Labute approximate surface area is 183 Å². The lowest BCUT2D eigenvalue weighted by molar-refractivity contribution is -0.135. The van der Waals surface area contributed by atoms with Gasteiger partial charge in [-0.15, -0.1) is 0 Å². The summed E-state index contributed by atoms with van der Waals surface area (Å²) in [5.74, 6) is -0.288. The van der Waals surface area contributed by atoms with Crippen molar-refractivity contribution in [3.8, 4) is 0 Å². The first-order chi connectivity index (χ1) is 14.7. The Bertz CT molecular complexity index is 610. The molecule has 0 rings (SSSR count). The number of rotatable bonds is 16. The molecule has 0 aromatic rings. The fraction of sp³-hybridized carbons (Fsp3) is 0.609. The summed E-state index contributed by atoms with van der Waals surface area (Å²) in [6.45, 7) is 2.07. The Hall–Kier alpha value is -2.22. The van der Waals surface area contributed by atoms with Crippen LogP contribution >= 0.6 is 0 Å². The Balaban J connectivity index is 3.99. The third kappa shape index (κ3) is 19.5. The molecule has 0 spiro atoms. The number of amides is 1. The number of aliphatic hydroxyl groups excluding tert-OH is 3. The largest absolute Gasteiger partial charge is 0.509 e. The molecular weight excluding hydrogens is 411 g/mol. The summed E-state index contributed by atoms with van der Waals surface area (Å²) in [6, 6.07) is 0. The molecule has 0 aliphatic carbocycles. The summed E-state index contributed by atoms with van der Waals surface area (Å²) in [5.41, 5.74) is 0. The molecule has 4 N–H and O–H groups in total. The van der Waals surface area contributed by atoms with Gasteiger partial charge in [0.1, 0.15) is 11.5 Å². The van der Waals surface area contributed by atoms with E-state index in [1.54, 1.807) is 6.08 Å². The minimum atomic E-state index is -4.07. The van der Waals surface area contributed by atoms with E-state index in [0.717, 1.165) is 0 Å². The number of nitrogens with one attached hydrogen (secondary N) is 1. The van der Waals surface area contributed by atoms with Gasteiger partial charge in [-0.3, -0.25) is 4.79 Å². The molecule has 1 atom stereocenters. The topological polar surface area (TPSA) is 89.8 Å². The lowest BCUT2D eigenvalue weighted by Crippen LogP contribution is -2.25. The molecule has 1 unspecified atom stereocenters. The second-order valence-corrected chi connectivity index (χ2v) is 7.31. The molecular formula is C23H36F3NO4. The van der Waals surface area contributed by atoms with Crippen molar-refractivity contribution in [1.29, 1.82) is 0 Å². The van der Waals surface area contributed by atoms with E-state index in [-0.39, 0.29) is 62.2 Å². The number of aliphatic hydroxyl groups is 3. The SMILES string of the molecule is CC(/C=C\C/C=C\C/C(O)=C(/O)CCCC(=O)NCCO)/C=C\CCCCC(F)(F)F. The van der Waals surface area contributed by atoms with Crippen molar-refractivity contribution in [2.45, 2.75) is 70.9 Å². The van der Waals surface area contributed by atoms with Crippen LogP contribution in [0.15, 0.2) is 48.0 Å². The highest BCUT2D eigenvalue weighted by atomic mass is 19.4. The monoisotopic (exact) mass is 447 g/mol. The number of halogens is 3. The van der Waals surface area contributed by atoms with Gasteiger partial charge in [-0.25, -0.2) is 0 Å². The molecule has 0 aromatic carbocycles. The van der Waals surface area contributed by atoms with Crippen LogP contribution in [0.25, 0.3) is 0 Å². The average molecular weight is 448 g/mol. The predicted octanol–water partition coefficient (Wildman–Crippen LogP) is 5.80. The van der Waals surface area contributed by atoms with Crippen LogP contribution < -0.4 is 5.32 Å². The van der Waals surface area contributed by atoms with Crippen molar-refractivity contribution in [3.05, 3.63) is 48.0 Å². The summed E-state index contributed by atoms with van der Waals surface area (Å²) in [6.07, 6.45) is 9.59. The number of carbonyl (C=O) groups excluding carboxylic acids is 1. The number of unbranched alkanes of at least 4 members (excludes halogenated alkanes) is 2. The maximum absolute atomic E-state index is 12.0. The summed E-state index contributed by atoms with van der Waals surface area (Å²) >= 11 is 0. The molecule has 5 nitrogen and oxygen atoms in total. The van der Waals surface area contributed by atoms with E-state index in [2.05, 4.69) is 5.32 Å². The van der Waals surface area contributed by atoms with Gasteiger partial charge in [0.05, 0.1) is 6.61 Å². The maximum atomic E-state index is 12.0. The molecule has 0 aliphatic heterocycles. The molecule has 0 aromatic heterocycles. The van der Waals surface area contributed by atoms with Crippen LogP contribution in [0.5, 0.6) is 0 Å². The van der Waals surface area contributed by atoms with Crippen molar-refractivity contribution in [2.24, 2.45) is 5.92 Å². The van der Waals surface area contributed by atoms with E-state index < -0.39 is 12.6 Å². The van der Waals surface area contributed by atoms with Gasteiger partial charge in [-0.1, -0.05) is 43.4 Å². The number of alkyl halides is 3. The van der Waals surface area contributed by atoms with Crippen LogP contribution in [0.3, 0.4) is 0 Å². The van der Waals surface area contributed by atoms with Crippen LogP contribution in [0.1, 0.15) is 64.7 Å². The molecule has 0 saturated heterocycles. The van der Waals surface area contributed by atoms with Gasteiger partial charge in [0, 0.05) is 32.2 Å². The summed E-state index contributed by atoms with van der Waals surface area (Å²) in [4.78, 5) is 11.4. The third-order valence-corrected chi connectivity index (χ3v) is 4.29. The van der Waals surface area contributed by atoms with Crippen molar-refractivity contribution in [2.75, 3.05) is 13.2 Å². The van der Waals surface area contributed by atoms with Crippen molar-refractivity contribution in [3.63, 3.8) is 0 Å². The number of allylic oxidation sites excluding steroid dienone is 7. The number of hydrogen-bond donors (Lipinski definition) is 4. The maximum Gasteiger partial charge on any atom is 0.389 e. The summed E-state index contributed by atoms with van der Waals surface area (Å²) in [7, 11) is 0. The molecule has 0 saturated carbocycles. The molecule has 178 valence electrons. The first kappa shape index (κ1) is 28.8. The van der Waals surface area contributed by atoms with Crippen LogP contribution in [0.2, 0.25) is 0 Å². The van der Waals surface area contributed by atoms with Crippen LogP contribution in [0, 0.1) is 5.92 Å². The highest BCUT2D eigenvalue weighted by Gasteiger charge is 2.25. The van der Waals surface area contributed by atoms with E-state index in [9.17, 15) is 28.2 Å². The van der Waals surface area contributed by atoms with Crippen LogP contribution in [-0.4, -0.2) is 40.6 Å². The predicted molar refractivity (Wildman–Crippen MR) is 117 cm³/mol. The average Bonchev–Trinajstić information content (AvgIpc) is 2.70. The Morgan fingerprint density at radius 1 is 0.968 bits per heavy atom. The first-order valence-electron chi connectivity index (χ1n) is 10.7. The molecule has 0 bridgehead atoms. The molecule has 31 heavy (non-hydrogen) atoms. The molecule has 8 heteroatoms. The van der Waals surface area contributed by atoms with E-state index >= 15 is 0 Å². The quantitative estimate of drug-likeness (QED) is 0.137. The van der Waals surface area contributed by atoms with Gasteiger partial charge >= 0.3 is 6.18 Å². The minimum Gasteiger partial charge on any atom is -0.509 e. The Morgan fingerprint density at radius 3 is 2.35 bits per heavy atom. The van der Waals surface area contributed by atoms with Crippen molar-refractivity contribution >= 4 is 5.91 Å². The van der Waals surface area contributed by atoms with Gasteiger partial charge in [0.25, 0.3) is 0 Å². The van der Waals surface area contributed by atoms with Crippen molar-refractivity contribution in [1.82, 2.24) is 5.32 Å². The van der Waals surface area contributed by atoms with Gasteiger partial charge in [-0.2, -0.15) is 13.2 Å². The lowest BCUT2D eigenvalue weighted by atomic mass is 10.1. The smallest absolute Gasteiger partial charge is 0.389 e. The van der Waals surface area contributed by atoms with Gasteiger partial charge in [-0.05, 0) is 38.0 Å². The second kappa shape index (κ2) is 17.5. The summed E-state index contributed by atoms with van der Waals surface area (Å²) in [5, 5.41) is 30.8. The second-order valence-electron chi connectivity index (χ2n) is 7.31. The lowest BCUT2D eigenvalue weighted by Gasteiger charge is -2.04. The summed E-state index contributed by atoms with van der Waals surface area (Å²) < 4.78 is 36.1. The Kier molecular flexibility index (Phi) is 16.2. The zero-order chi connectivity index (χ0) is 23.5. The molecule has 0 fully saturated rings. The van der Waals surface area contributed by atoms with Crippen LogP contribution in [-0.2, 0) is 4.79 Å². The first-order valence-corrected chi connectivity index (χ1v) is 10.7. The fourth-order valence-electron chi connectivity index (χ4n) is 2.59. The van der Waals surface area contributed by atoms with E-state index in [4.69, 9.17) is 5.11 Å². The highest BCUT2D eigenvalue weighted by molar-refractivity contribution is 5.75. The zero-order valence-electron chi connectivity index (χ0n) is 18.2. The third-order valence-electron chi connectivity index (χ3n) is 4.29. The number of carbonyl (C=O) groups is 1. The zero-order valence-corrected chi connectivity index (χ0v) is 18.2. The van der Waals surface area contributed by atoms with Gasteiger partial charge in [0.15, 0.2) is 0 Å². The van der Waals surface area contributed by atoms with Crippen molar-refractivity contribution < 1.29 is 33.3 Å². The Morgan fingerprint density at radius 2 is 1.68 bits per heavy atom. The standard InChI is InChI=1S/C23H36F3NO4/c1-19(12-7-4-5-9-16-23(24,25)26)11-6-2-3-8-13-20(29)21(30)14-10-15-22(31)27-17-18-28/h3,6-8,11-12,19,28-30H,2,4-5,9-10,13-18H2,1H3,(H,27,31)/b8-3-,11-6-,12-7-,21-20-. The minimum absolute atomic E-state index is 0.122. The van der Waals surface area contributed by atoms with E-state index in [1.807, 2.05) is 37.3 Å². The molecule has 1 amide bonds.